The maximum atomic E-state index is 13.0. The summed E-state index contributed by atoms with van der Waals surface area (Å²) in [6.45, 7) is 0.243. The first-order valence-corrected chi connectivity index (χ1v) is 11.6. The van der Waals surface area contributed by atoms with Crippen LogP contribution in [0.15, 0.2) is 48.5 Å². The number of hydrogen-bond donors (Lipinski definition) is 2. The number of hydrogen-bond acceptors (Lipinski definition) is 5. The lowest BCUT2D eigenvalue weighted by molar-refractivity contribution is -0.147. The molecule has 1 fully saturated rings. The van der Waals surface area contributed by atoms with E-state index in [0.29, 0.717) is 12.8 Å². The average molecular weight is 467 g/mol. The number of nitrogens with zero attached hydrogens (tertiary/aromatic N) is 1. The Bertz CT molecular complexity index is 1010. The SMILES string of the molecule is COCCN(CC(=O)O)C(=O)C1CCCC1NC(=O)OCC1c2ccccc2-c2ccccc21. The number of methoxy groups -OCH3 is 1. The van der Waals surface area contributed by atoms with Crippen molar-refractivity contribution < 1.29 is 29.0 Å². The highest BCUT2D eigenvalue weighted by Gasteiger charge is 2.37. The van der Waals surface area contributed by atoms with E-state index in [9.17, 15) is 19.5 Å². The fourth-order valence-corrected chi connectivity index (χ4v) is 5.09. The first kappa shape index (κ1) is 23.8. The van der Waals surface area contributed by atoms with E-state index in [0.717, 1.165) is 28.7 Å². The number of nitrogens with one attached hydrogen (secondary N) is 1. The Morgan fingerprint density at radius 2 is 1.68 bits per heavy atom. The predicted octanol–water partition coefficient (Wildman–Crippen LogP) is 3.25. The second kappa shape index (κ2) is 10.7. The van der Waals surface area contributed by atoms with Gasteiger partial charge in [-0.2, -0.15) is 0 Å². The zero-order valence-corrected chi connectivity index (χ0v) is 19.2. The van der Waals surface area contributed by atoms with Gasteiger partial charge in [-0.15, -0.1) is 0 Å². The third kappa shape index (κ3) is 5.07. The number of ether oxygens (including phenoxy) is 2. The van der Waals surface area contributed by atoms with Crippen LogP contribution in [0.5, 0.6) is 0 Å². The third-order valence-electron chi connectivity index (χ3n) is 6.68. The van der Waals surface area contributed by atoms with Gasteiger partial charge in [0.2, 0.25) is 5.91 Å². The van der Waals surface area contributed by atoms with Crippen LogP contribution in [0.3, 0.4) is 0 Å². The monoisotopic (exact) mass is 466 g/mol. The molecule has 2 amide bonds. The molecule has 2 aromatic rings. The maximum absolute atomic E-state index is 13.0. The Morgan fingerprint density at radius 1 is 1.03 bits per heavy atom. The Morgan fingerprint density at radius 3 is 2.29 bits per heavy atom. The largest absolute Gasteiger partial charge is 0.480 e. The molecule has 0 heterocycles. The van der Waals surface area contributed by atoms with E-state index in [4.69, 9.17) is 9.47 Å². The normalized spacial score (nSPS) is 18.7. The molecule has 0 aromatic heterocycles. The minimum absolute atomic E-state index is 0.0424. The summed E-state index contributed by atoms with van der Waals surface area (Å²) in [5.41, 5.74) is 4.58. The number of aliphatic carboxylic acids is 1. The highest BCUT2D eigenvalue weighted by Crippen LogP contribution is 2.44. The molecule has 8 nitrogen and oxygen atoms in total. The van der Waals surface area contributed by atoms with Crippen LogP contribution < -0.4 is 5.32 Å². The van der Waals surface area contributed by atoms with Crippen molar-refractivity contribution in [2.45, 2.75) is 31.2 Å². The van der Waals surface area contributed by atoms with E-state index in [1.54, 1.807) is 0 Å². The zero-order valence-electron chi connectivity index (χ0n) is 19.2. The topological polar surface area (TPSA) is 105 Å². The van der Waals surface area contributed by atoms with E-state index < -0.39 is 24.5 Å². The van der Waals surface area contributed by atoms with Gasteiger partial charge in [0.05, 0.1) is 12.5 Å². The Balaban J connectivity index is 1.38. The lowest BCUT2D eigenvalue weighted by Gasteiger charge is -2.27. The molecule has 1 saturated carbocycles. The molecule has 2 aliphatic carbocycles. The fraction of sp³-hybridized carbons (Fsp3) is 0.423. The summed E-state index contributed by atoms with van der Waals surface area (Å²) >= 11 is 0. The van der Waals surface area contributed by atoms with Gasteiger partial charge in [0, 0.05) is 25.6 Å². The molecule has 0 spiro atoms. The van der Waals surface area contributed by atoms with E-state index in [1.807, 2.05) is 24.3 Å². The lowest BCUT2D eigenvalue weighted by Crippen LogP contribution is -2.48. The quantitative estimate of drug-likeness (QED) is 0.588. The average Bonchev–Trinajstić information content (AvgIpc) is 3.42. The highest BCUT2D eigenvalue weighted by atomic mass is 16.5. The van der Waals surface area contributed by atoms with Gasteiger partial charge in [-0.05, 0) is 35.1 Å². The van der Waals surface area contributed by atoms with Crippen molar-refractivity contribution in [3.05, 3.63) is 59.7 Å². The van der Waals surface area contributed by atoms with Crippen LogP contribution in [0.4, 0.5) is 4.79 Å². The van der Waals surface area contributed by atoms with E-state index in [2.05, 4.69) is 29.6 Å². The van der Waals surface area contributed by atoms with Crippen LogP contribution in [0.1, 0.15) is 36.3 Å². The zero-order chi connectivity index (χ0) is 24.1. The summed E-state index contributed by atoms with van der Waals surface area (Å²) in [4.78, 5) is 38.2. The second-order valence-electron chi connectivity index (χ2n) is 8.76. The van der Waals surface area contributed by atoms with Crippen LogP contribution in [0.2, 0.25) is 0 Å². The van der Waals surface area contributed by atoms with E-state index in [-0.39, 0.29) is 37.6 Å². The number of carboxylic acids is 1. The molecule has 2 atom stereocenters. The van der Waals surface area contributed by atoms with Crippen molar-refractivity contribution in [3.63, 3.8) is 0 Å². The number of carboxylic acid groups (broad SMARTS) is 1. The summed E-state index contributed by atoms with van der Waals surface area (Å²) < 4.78 is 10.6. The number of amides is 2. The van der Waals surface area contributed by atoms with E-state index in [1.165, 1.54) is 12.0 Å². The van der Waals surface area contributed by atoms with Crippen molar-refractivity contribution in [2.24, 2.45) is 5.92 Å². The fourth-order valence-electron chi connectivity index (χ4n) is 5.09. The van der Waals surface area contributed by atoms with Gasteiger partial charge in [-0.25, -0.2) is 4.79 Å². The van der Waals surface area contributed by atoms with Gasteiger partial charge in [0.1, 0.15) is 13.2 Å². The summed E-state index contributed by atoms with van der Waals surface area (Å²) in [6.07, 6.45) is 1.45. The molecule has 0 saturated heterocycles. The number of rotatable bonds is 9. The molecular weight excluding hydrogens is 436 g/mol. The molecule has 8 heteroatoms. The number of benzene rings is 2. The highest BCUT2D eigenvalue weighted by molar-refractivity contribution is 5.84. The molecule has 2 aromatic carbocycles. The standard InChI is InChI=1S/C26H30N2O6/c1-33-14-13-28(15-24(29)30)25(31)21-11-6-12-23(21)27-26(32)34-16-22-19-9-4-2-7-17(19)18-8-3-5-10-20(18)22/h2-5,7-10,21-23H,6,11-16H2,1H3,(H,27,32)(H,29,30). The smallest absolute Gasteiger partial charge is 0.407 e. The molecule has 2 unspecified atom stereocenters. The molecular formula is C26H30N2O6. The van der Waals surface area contributed by atoms with Gasteiger partial charge in [0.15, 0.2) is 0 Å². The van der Waals surface area contributed by atoms with Gasteiger partial charge in [-0.3, -0.25) is 9.59 Å². The molecule has 4 rings (SSSR count). The third-order valence-corrected chi connectivity index (χ3v) is 6.68. The van der Waals surface area contributed by atoms with Crippen LogP contribution in [-0.4, -0.2) is 67.4 Å². The molecule has 2 N–H and O–H groups in total. The molecule has 0 bridgehead atoms. The van der Waals surface area contributed by atoms with Crippen molar-refractivity contribution in [2.75, 3.05) is 33.4 Å². The summed E-state index contributed by atoms with van der Waals surface area (Å²) in [5.74, 6) is -1.87. The summed E-state index contributed by atoms with van der Waals surface area (Å²) in [6, 6.07) is 15.9. The first-order valence-electron chi connectivity index (χ1n) is 11.6. The summed E-state index contributed by atoms with van der Waals surface area (Å²) in [7, 11) is 1.50. The Hall–Kier alpha value is -3.39. The van der Waals surface area contributed by atoms with Gasteiger partial charge in [-0.1, -0.05) is 55.0 Å². The number of alkyl carbamates (subject to hydrolysis) is 1. The van der Waals surface area contributed by atoms with Gasteiger partial charge < -0.3 is 24.8 Å². The second-order valence-corrected chi connectivity index (χ2v) is 8.76. The van der Waals surface area contributed by atoms with Crippen LogP contribution in [-0.2, 0) is 19.1 Å². The number of carbonyl (C=O) groups is 3. The molecule has 0 radical (unpaired) electrons. The van der Waals surface area contributed by atoms with Crippen molar-refractivity contribution >= 4 is 18.0 Å². The minimum atomic E-state index is -1.08. The Labute approximate surface area is 198 Å². The molecule has 180 valence electrons. The minimum Gasteiger partial charge on any atom is -0.480 e. The van der Waals surface area contributed by atoms with Crippen molar-refractivity contribution in [3.8, 4) is 11.1 Å². The van der Waals surface area contributed by atoms with E-state index >= 15 is 0 Å². The number of fused-ring (bicyclic) bond motifs is 3. The Kier molecular flexibility index (Phi) is 7.47. The van der Waals surface area contributed by atoms with Crippen LogP contribution in [0.25, 0.3) is 11.1 Å². The molecule has 0 aliphatic heterocycles. The summed E-state index contributed by atoms with van der Waals surface area (Å²) in [5, 5.41) is 12.0. The van der Waals surface area contributed by atoms with Crippen LogP contribution >= 0.6 is 0 Å². The van der Waals surface area contributed by atoms with Crippen molar-refractivity contribution in [1.82, 2.24) is 10.2 Å². The van der Waals surface area contributed by atoms with Crippen molar-refractivity contribution in [1.29, 1.82) is 0 Å². The molecule has 34 heavy (non-hydrogen) atoms. The lowest BCUT2D eigenvalue weighted by atomic mass is 9.98. The first-order chi connectivity index (χ1) is 16.5. The van der Waals surface area contributed by atoms with Gasteiger partial charge >= 0.3 is 12.1 Å². The molecule has 2 aliphatic rings. The van der Waals surface area contributed by atoms with Gasteiger partial charge in [0.25, 0.3) is 0 Å². The van der Waals surface area contributed by atoms with Crippen LogP contribution in [0, 0.1) is 5.92 Å². The predicted molar refractivity (Wildman–Crippen MR) is 125 cm³/mol. The maximum Gasteiger partial charge on any atom is 0.407 e. The number of carbonyl (C=O) groups excluding carboxylic acids is 2.